The van der Waals surface area contributed by atoms with E-state index < -0.39 is 84.7 Å². The molecular weight excluding hydrogens is 678 g/mol. The van der Waals surface area contributed by atoms with E-state index >= 15 is 0 Å². The number of nitrogens with zero attached hydrogens (tertiary/aromatic N) is 6. The first-order valence-corrected chi connectivity index (χ1v) is 14.7. The summed E-state index contributed by atoms with van der Waals surface area (Å²) in [5.41, 5.74) is 17.6. The van der Waals surface area contributed by atoms with E-state index in [0.717, 1.165) is 27.7 Å². The lowest BCUT2D eigenvalue weighted by molar-refractivity contribution is -0.275. The maximum absolute atomic E-state index is 11.4. The second-order valence-corrected chi connectivity index (χ2v) is 10.2. The molecule has 4 radical (unpaired) electrons. The highest BCUT2D eigenvalue weighted by Gasteiger charge is 2.51. The highest BCUT2D eigenvalue weighted by Crippen LogP contribution is 2.32. The molecule has 22 heteroatoms. The van der Waals surface area contributed by atoms with Gasteiger partial charge < -0.3 is 37.9 Å². The summed E-state index contributed by atoms with van der Waals surface area (Å²) in [7, 11) is 10.1. The standard InChI is InChI=1S/C14H19N3O9.C12H18BN3O5.CH3B.2CH4/c1-6(18)22-5-10-12(23-7(2)19)11(16-17-15)13(24-8(3)20)14(26-10)25-9(4)21;1-6-9(4-13)21-10(5-19-7(2)17)12(20-8(3)18)11(6)15-16-14;1-2;;/h10-14H,5H2,1-4H3;6,9-12H,4-5H2,1-3H3;1H3;2*1H4/t10?,11-,12-,13?,14+;6?,9-,10?,11-,12+;;;/m01.../s1. The molecule has 2 aliphatic rings. The van der Waals surface area contributed by atoms with Crippen LogP contribution in [0, 0.1) is 5.92 Å². The smallest absolute Gasteiger partial charge is 0.305 e. The predicted octanol–water partition coefficient (Wildman–Crippen LogP) is 3.01. The van der Waals surface area contributed by atoms with Gasteiger partial charge in [0, 0.05) is 51.4 Å². The number of esters is 6. The number of azide groups is 2. The van der Waals surface area contributed by atoms with Crippen LogP contribution in [0.25, 0.3) is 20.9 Å². The highest BCUT2D eigenvalue weighted by atomic mass is 16.7. The molecule has 0 amide bonds. The quantitative estimate of drug-likeness (QED) is 0.0739. The average Bonchev–Trinajstić information content (AvgIpc) is 3.01. The van der Waals surface area contributed by atoms with Crippen molar-refractivity contribution in [2.45, 2.75) is 131 Å². The fourth-order valence-electron chi connectivity index (χ4n) is 4.67. The van der Waals surface area contributed by atoms with Gasteiger partial charge >= 0.3 is 35.8 Å². The minimum absolute atomic E-state index is 0. The van der Waals surface area contributed by atoms with Crippen molar-refractivity contribution in [1.82, 2.24) is 0 Å². The molecule has 0 N–H and O–H groups in total. The molecule has 0 aromatic rings. The lowest BCUT2D eigenvalue weighted by Crippen LogP contribution is -2.61. The largest absolute Gasteiger partial charge is 0.463 e. The molecule has 0 saturated carbocycles. The Bertz CT molecular complexity index is 1250. The van der Waals surface area contributed by atoms with Crippen LogP contribution < -0.4 is 0 Å². The summed E-state index contributed by atoms with van der Waals surface area (Å²) in [5.74, 6) is -4.16. The van der Waals surface area contributed by atoms with Crippen molar-refractivity contribution in [3.05, 3.63) is 20.9 Å². The lowest BCUT2D eigenvalue weighted by atomic mass is 9.81. The molecule has 2 saturated heterocycles. The molecular formula is C29H48B2N6O14. The van der Waals surface area contributed by atoms with Gasteiger partial charge in [0.05, 0.1) is 27.8 Å². The maximum Gasteiger partial charge on any atom is 0.305 e. The Morgan fingerprint density at radius 2 is 0.980 bits per heavy atom. The van der Waals surface area contributed by atoms with Gasteiger partial charge in [-0.3, -0.25) is 28.8 Å². The van der Waals surface area contributed by atoms with Crippen molar-refractivity contribution >= 4 is 51.5 Å². The van der Waals surface area contributed by atoms with Crippen LogP contribution in [-0.2, 0) is 66.7 Å². The van der Waals surface area contributed by atoms with Crippen LogP contribution in [-0.4, -0.2) is 120 Å². The molecule has 2 aliphatic heterocycles. The molecule has 2 rings (SSSR count). The zero-order valence-corrected chi connectivity index (χ0v) is 28.4. The SMILES string of the molecule is C.C.CC(=O)OCC1O[C@@H](OC(C)=O)C(OC(C)=O)[C@@H](N=[N+]=[N-])[C@H]1OC(C)=O.[B]C.[B]C[C@H]1OC(COC(C)=O)[C@H](OC(C)=O)[C@H](N=[N+]=[N-])C1C. The third kappa shape index (κ3) is 17.8. The first-order valence-electron chi connectivity index (χ1n) is 14.7. The van der Waals surface area contributed by atoms with E-state index in [1.165, 1.54) is 20.7 Å². The molecule has 2 fully saturated rings. The third-order valence-electron chi connectivity index (χ3n) is 6.49. The highest BCUT2D eigenvalue weighted by molar-refractivity contribution is 6.08. The summed E-state index contributed by atoms with van der Waals surface area (Å²) in [6, 6.07) is -1.92. The molecule has 2 heterocycles. The Morgan fingerprint density at radius 3 is 1.35 bits per heavy atom. The van der Waals surface area contributed by atoms with Crippen LogP contribution in [0.3, 0.4) is 0 Å². The van der Waals surface area contributed by atoms with Gasteiger partial charge in [-0.15, -0.1) is 0 Å². The first kappa shape index (κ1) is 50.9. The lowest BCUT2D eigenvalue weighted by Gasteiger charge is -2.43. The number of hydrogen-bond donors (Lipinski definition) is 0. The van der Waals surface area contributed by atoms with Crippen molar-refractivity contribution < 1.29 is 66.7 Å². The summed E-state index contributed by atoms with van der Waals surface area (Å²) >= 11 is 0. The number of ether oxygens (including phenoxy) is 8. The summed E-state index contributed by atoms with van der Waals surface area (Å²) < 4.78 is 41.3. The molecule has 51 heavy (non-hydrogen) atoms. The van der Waals surface area contributed by atoms with Crippen LogP contribution in [0.4, 0.5) is 0 Å². The van der Waals surface area contributed by atoms with E-state index in [9.17, 15) is 28.8 Å². The minimum atomic E-state index is -1.46. The van der Waals surface area contributed by atoms with Gasteiger partial charge in [-0.2, -0.15) is 0 Å². The van der Waals surface area contributed by atoms with Crippen molar-refractivity contribution in [3.8, 4) is 0 Å². The Kier molecular flexibility index (Phi) is 26.2. The number of carbonyl (C=O) groups is 6. The maximum atomic E-state index is 11.4. The first-order chi connectivity index (χ1) is 23.1. The molecule has 0 spiro atoms. The van der Waals surface area contributed by atoms with E-state index in [2.05, 4.69) is 27.9 Å². The Hall–Kier alpha value is -4.51. The molecule has 4 unspecified atom stereocenters. The van der Waals surface area contributed by atoms with Gasteiger partial charge in [-0.1, -0.05) is 45.1 Å². The van der Waals surface area contributed by atoms with Crippen LogP contribution in [0.2, 0.25) is 13.1 Å². The van der Waals surface area contributed by atoms with Crippen molar-refractivity contribution in [3.63, 3.8) is 0 Å². The van der Waals surface area contributed by atoms with Crippen molar-refractivity contribution in [1.29, 1.82) is 0 Å². The Labute approximate surface area is 299 Å². The molecule has 20 nitrogen and oxygen atoms in total. The van der Waals surface area contributed by atoms with Crippen LogP contribution in [0.15, 0.2) is 10.2 Å². The number of hydrogen-bond acceptors (Lipinski definition) is 16. The zero-order chi connectivity index (χ0) is 37.8. The van der Waals surface area contributed by atoms with Crippen LogP contribution >= 0.6 is 0 Å². The second kappa shape index (κ2) is 26.3. The summed E-state index contributed by atoms with van der Waals surface area (Å²) in [5, 5.41) is 7.20. The van der Waals surface area contributed by atoms with Crippen LogP contribution in [0.1, 0.15) is 63.3 Å². The Balaban J connectivity index is -0.000000845. The second-order valence-electron chi connectivity index (χ2n) is 10.2. The minimum Gasteiger partial charge on any atom is -0.463 e. The van der Waals surface area contributed by atoms with Crippen LogP contribution in [0.5, 0.6) is 0 Å². The fraction of sp³-hybridized carbons (Fsp3) is 0.793. The topological polar surface area (TPSA) is 274 Å². The van der Waals surface area contributed by atoms with E-state index in [0.29, 0.717) is 0 Å². The molecule has 0 aromatic carbocycles. The van der Waals surface area contributed by atoms with Crippen molar-refractivity contribution in [2.24, 2.45) is 16.1 Å². The summed E-state index contributed by atoms with van der Waals surface area (Å²) in [4.78, 5) is 72.9. The monoisotopic (exact) mass is 726 g/mol. The summed E-state index contributed by atoms with van der Waals surface area (Å²) in [6.07, 6.45) is -6.93. The fourth-order valence-corrected chi connectivity index (χ4v) is 4.67. The van der Waals surface area contributed by atoms with Crippen molar-refractivity contribution in [2.75, 3.05) is 13.2 Å². The van der Waals surface area contributed by atoms with Gasteiger partial charge in [0.25, 0.3) is 0 Å². The van der Waals surface area contributed by atoms with E-state index in [-0.39, 0.29) is 46.4 Å². The Morgan fingerprint density at radius 1 is 0.608 bits per heavy atom. The van der Waals surface area contributed by atoms with E-state index in [1.54, 1.807) is 6.92 Å². The van der Waals surface area contributed by atoms with Gasteiger partial charge in [0.15, 0.2) is 6.10 Å². The average molecular weight is 726 g/mol. The molecule has 0 aliphatic carbocycles. The normalized spacial score (nSPS) is 27.2. The number of rotatable bonds is 11. The zero-order valence-electron chi connectivity index (χ0n) is 28.4. The molecule has 0 aromatic heterocycles. The summed E-state index contributed by atoms with van der Waals surface area (Å²) in [6.45, 7) is 9.76. The van der Waals surface area contributed by atoms with E-state index in [4.69, 9.17) is 56.8 Å². The van der Waals surface area contributed by atoms with Gasteiger partial charge in [-0.05, 0) is 17.0 Å². The van der Waals surface area contributed by atoms with E-state index in [1.807, 2.05) is 0 Å². The third-order valence-corrected chi connectivity index (χ3v) is 6.49. The molecule has 10 atom stereocenters. The molecule has 284 valence electrons. The van der Waals surface area contributed by atoms with Gasteiger partial charge in [-0.25, -0.2) is 0 Å². The predicted molar refractivity (Wildman–Crippen MR) is 180 cm³/mol. The molecule has 0 bridgehead atoms. The van der Waals surface area contributed by atoms with Gasteiger partial charge in [0.2, 0.25) is 6.29 Å². The number of carbonyl (C=O) groups excluding carboxylic acids is 6. The van der Waals surface area contributed by atoms with Gasteiger partial charge in [0.1, 0.15) is 43.7 Å².